The fourth-order valence-electron chi connectivity index (χ4n) is 3.15. The molecule has 0 spiro atoms. The number of benzene rings is 3. The third-order valence-corrected chi connectivity index (χ3v) is 6.53. The van der Waals surface area contributed by atoms with Crippen LogP contribution in [0.4, 0.5) is 13.2 Å². The van der Waals surface area contributed by atoms with Crippen LogP contribution in [-0.2, 0) is 21.1 Å². The first kappa shape index (κ1) is 26.9. The van der Waals surface area contributed by atoms with E-state index in [1.807, 2.05) is 6.92 Å². The zero-order valence-corrected chi connectivity index (χ0v) is 19.9. The predicted octanol–water partition coefficient (Wildman–Crippen LogP) is 6.02. The van der Waals surface area contributed by atoms with Crippen molar-refractivity contribution in [2.45, 2.75) is 42.3 Å². The summed E-state index contributed by atoms with van der Waals surface area (Å²) in [5.74, 6) is -0.581. The highest BCUT2D eigenvalue weighted by Crippen LogP contribution is 2.30. The lowest BCUT2D eigenvalue weighted by Gasteiger charge is -2.12. The van der Waals surface area contributed by atoms with Gasteiger partial charge in [0.15, 0.2) is 0 Å². The summed E-state index contributed by atoms with van der Waals surface area (Å²) >= 11 is 0. The van der Waals surface area contributed by atoms with Crippen LogP contribution in [0.5, 0.6) is 23.0 Å². The molecular weight excluding hydrogens is 501 g/mol. The molecule has 0 aliphatic rings. The highest BCUT2D eigenvalue weighted by atomic mass is 32.2. The van der Waals surface area contributed by atoms with Gasteiger partial charge in [-0.2, -0.15) is 0 Å². The molecule has 3 rings (SSSR count). The first-order valence-electron chi connectivity index (χ1n) is 10.8. The van der Waals surface area contributed by atoms with Gasteiger partial charge in [-0.25, -0.2) is 8.42 Å². The first-order valence-corrected chi connectivity index (χ1v) is 12.3. The quantitative estimate of drug-likeness (QED) is 0.328. The van der Waals surface area contributed by atoms with Gasteiger partial charge in [-0.05, 0) is 85.1 Å². The number of alkyl halides is 3. The van der Waals surface area contributed by atoms with Crippen molar-refractivity contribution in [3.63, 3.8) is 0 Å². The normalized spacial score (nSPS) is 11.7. The van der Waals surface area contributed by atoms with E-state index >= 15 is 0 Å². The minimum Gasteiger partial charge on any atom is -0.494 e. The van der Waals surface area contributed by atoms with Crippen LogP contribution in [0.15, 0.2) is 76.5 Å². The van der Waals surface area contributed by atoms with E-state index in [4.69, 9.17) is 14.6 Å². The molecule has 0 saturated carbocycles. The van der Waals surface area contributed by atoms with Gasteiger partial charge in [-0.1, -0.05) is 6.92 Å². The lowest BCUT2D eigenvalue weighted by atomic mass is 10.1. The molecule has 3 aromatic carbocycles. The average molecular weight is 525 g/mol. The molecule has 0 radical (unpaired) electrons. The fraction of sp³-hybridized carbons (Fsp3) is 0.240. The molecule has 11 heteroatoms. The Bertz CT molecular complexity index is 1290. The molecule has 0 aliphatic carbocycles. The Kier molecular flexibility index (Phi) is 8.46. The number of carboxylic acids is 1. The van der Waals surface area contributed by atoms with Gasteiger partial charge in [-0.3, -0.25) is 4.79 Å². The Morgan fingerprint density at radius 1 is 0.861 bits per heavy atom. The third-order valence-electron chi connectivity index (χ3n) is 4.78. The second-order valence-electron chi connectivity index (χ2n) is 7.65. The highest BCUT2D eigenvalue weighted by Gasteiger charge is 2.31. The molecule has 7 nitrogen and oxygen atoms in total. The lowest BCUT2D eigenvalue weighted by molar-refractivity contribution is -0.274. The monoisotopic (exact) mass is 524 g/mol. The van der Waals surface area contributed by atoms with Crippen LogP contribution in [0, 0.1) is 0 Å². The predicted molar refractivity (Wildman–Crippen MR) is 123 cm³/mol. The number of sulfone groups is 1. The minimum absolute atomic E-state index is 0.0272. The summed E-state index contributed by atoms with van der Waals surface area (Å²) in [4.78, 5) is 10.9. The van der Waals surface area contributed by atoms with Gasteiger partial charge < -0.3 is 19.3 Å². The number of carbonyl (C=O) groups is 1. The van der Waals surface area contributed by atoms with Crippen LogP contribution < -0.4 is 14.2 Å². The van der Waals surface area contributed by atoms with E-state index in [-0.39, 0.29) is 34.1 Å². The summed E-state index contributed by atoms with van der Waals surface area (Å²) in [5, 5.41) is 8.97. The van der Waals surface area contributed by atoms with Crippen molar-refractivity contribution in [1.82, 2.24) is 0 Å². The van der Waals surface area contributed by atoms with E-state index in [9.17, 15) is 26.4 Å². The third kappa shape index (κ3) is 7.64. The summed E-state index contributed by atoms with van der Waals surface area (Å²) in [6.07, 6.45) is -4.11. The Morgan fingerprint density at radius 2 is 1.44 bits per heavy atom. The number of aryl methyl sites for hydroxylation is 1. The van der Waals surface area contributed by atoms with Gasteiger partial charge in [0.2, 0.25) is 9.84 Å². The molecule has 0 saturated heterocycles. The molecule has 0 heterocycles. The zero-order chi connectivity index (χ0) is 26.3. The van der Waals surface area contributed by atoms with Gasteiger partial charge in [0.05, 0.1) is 16.4 Å². The van der Waals surface area contributed by atoms with Crippen LogP contribution in [0.3, 0.4) is 0 Å². The van der Waals surface area contributed by atoms with Crippen molar-refractivity contribution >= 4 is 15.8 Å². The average Bonchev–Trinajstić information content (AvgIpc) is 2.82. The van der Waals surface area contributed by atoms with Gasteiger partial charge in [0, 0.05) is 6.42 Å². The van der Waals surface area contributed by atoms with Crippen molar-refractivity contribution in [1.29, 1.82) is 0 Å². The second kappa shape index (κ2) is 11.3. The SMILES string of the molecule is CCCOc1cc(CCC(=O)O)cc(S(=O)(=O)c2ccc(Oc3ccc(OC(F)(F)F)cc3)cc2)c1. The minimum atomic E-state index is -4.80. The summed E-state index contributed by atoms with van der Waals surface area (Å²) in [7, 11) is -3.97. The zero-order valence-electron chi connectivity index (χ0n) is 19.1. The Hall–Kier alpha value is -3.73. The Labute approximate surface area is 206 Å². The number of carboxylic acid groups (broad SMARTS) is 1. The number of hydrogen-bond donors (Lipinski definition) is 1. The lowest BCUT2D eigenvalue weighted by Crippen LogP contribution is -2.16. The number of halogens is 3. The maximum absolute atomic E-state index is 13.3. The Morgan fingerprint density at radius 3 is 2.00 bits per heavy atom. The fourth-order valence-corrected chi connectivity index (χ4v) is 4.50. The van der Waals surface area contributed by atoms with Crippen LogP contribution in [0.1, 0.15) is 25.3 Å². The van der Waals surface area contributed by atoms with Crippen molar-refractivity contribution in [2.24, 2.45) is 0 Å². The molecule has 3 aromatic rings. The summed E-state index contributed by atoms with van der Waals surface area (Å²) in [5.41, 5.74) is 0.516. The molecule has 0 aliphatic heterocycles. The summed E-state index contributed by atoms with van der Waals surface area (Å²) in [6.45, 7) is 2.28. The molecule has 36 heavy (non-hydrogen) atoms. The van der Waals surface area contributed by atoms with Crippen LogP contribution in [-0.4, -0.2) is 32.5 Å². The van der Waals surface area contributed by atoms with Crippen LogP contribution in [0.2, 0.25) is 0 Å². The van der Waals surface area contributed by atoms with Gasteiger partial charge in [-0.15, -0.1) is 13.2 Å². The standard InChI is InChI=1S/C25H23F3O7S/c1-2-13-33-21-14-17(3-12-24(29)30)15-23(16-21)36(31,32)22-10-8-19(9-11-22)34-18-4-6-20(7-5-18)35-25(26,27)28/h4-11,14-16H,2-3,12-13H2,1H3,(H,29,30). The van der Waals surface area contributed by atoms with Gasteiger partial charge in [0.1, 0.15) is 23.0 Å². The number of hydrogen-bond acceptors (Lipinski definition) is 6. The summed E-state index contributed by atoms with van der Waals surface area (Å²) < 4.78 is 78.3. The molecule has 0 atom stereocenters. The van der Waals surface area contributed by atoms with Gasteiger partial charge >= 0.3 is 12.3 Å². The number of aliphatic carboxylic acids is 1. The largest absolute Gasteiger partial charge is 0.573 e. The molecule has 0 fully saturated rings. The molecule has 0 aromatic heterocycles. The molecule has 0 amide bonds. The van der Waals surface area contributed by atoms with Crippen LogP contribution in [0.25, 0.3) is 0 Å². The van der Waals surface area contributed by atoms with Crippen molar-refractivity contribution in [2.75, 3.05) is 6.61 Å². The molecule has 0 unspecified atom stereocenters. The van der Waals surface area contributed by atoms with E-state index in [0.717, 1.165) is 12.1 Å². The smallest absolute Gasteiger partial charge is 0.494 e. The van der Waals surface area contributed by atoms with Crippen molar-refractivity contribution in [3.8, 4) is 23.0 Å². The molecule has 0 bridgehead atoms. The van der Waals surface area contributed by atoms with E-state index in [1.54, 1.807) is 6.07 Å². The highest BCUT2D eigenvalue weighted by molar-refractivity contribution is 7.91. The second-order valence-corrected chi connectivity index (χ2v) is 9.60. The maximum atomic E-state index is 13.3. The summed E-state index contributed by atoms with van der Waals surface area (Å²) in [6, 6.07) is 14.7. The van der Waals surface area contributed by atoms with E-state index < -0.39 is 27.9 Å². The molecular formula is C25H23F3O7S. The van der Waals surface area contributed by atoms with E-state index in [0.29, 0.717) is 24.3 Å². The van der Waals surface area contributed by atoms with Crippen LogP contribution >= 0.6 is 0 Å². The van der Waals surface area contributed by atoms with Crippen molar-refractivity contribution < 1.29 is 45.7 Å². The molecule has 192 valence electrons. The topological polar surface area (TPSA) is 99.1 Å². The van der Waals surface area contributed by atoms with Gasteiger partial charge in [0.25, 0.3) is 0 Å². The van der Waals surface area contributed by atoms with E-state index in [1.165, 1.54) is 48.5 Å². The molecule has 1 N–H and O–H groups in total. The van der Waals surface area contributed by atoms with E-state index in [2.05, 4.69) is 4.74 Å². The number of ether oxygens (including phenoxy) is 3. The first-order chi connectivity index (χ1) is 17.0. The Balaban J connectivity index is 1.80. The van der Waals surface area contributed by atoms with Crippen molar-refractivity contribution in [3.05, 3.63) is 72.3 Å². The maximum Gasteiger partial charge on any atom is 0.573 e. The number of rotatable bonds is 11.